The van der Waals surface area contributed by atoms with Crippen molar-refractivity contribution in [3.05, 3.63) is 47.6 Å². The van der Waals surface area contributed by atoms with Gasteiger partial charge >= 0.3 is 0 Å². The number of rotatable bonds is 3. The Bertz CT molecular complexity index is 627. The first-order valence-corrected chi connectivity index (χ1v) is 7.64. The van der Waals surface area contributed by atoms with Crippen molar-refractivity contribution >= 4 is 28.8 Å². The summed E-state index contributed by atoms with van der Waals surface area (Å²) in [5.74, 6) is 0.835. The van der Waals surface area contributed by atoms with Gasteiger partial charge in [-0.15, -0.1) is 0 Å². The maximum atomic E-state index is 5.98. The normalized spacial score (nSPS) is 23.6. The van der Waals surface area contributed by atoms with Crippen molar-refractivity contribution in [1.82, 2.24) is 10.3 Å². The molecule has 1 aromatic heterocycles. The standard InChI is InChI=1S/C16H17ClN4/c17-11-2-1-3-12(6-11)20-16-5-4-15(8-18-16)21-9-13-7-14(10-21)19-13/h1-6,8,13-14,19H,7,9-10H2,(H,18,20). The number of piperidine rings is 1. The summed E-state index contributed by atoms with van der Waals surface area (Å²) in [6.45, 7) is 2.17. The third-order valence-electron chi connectivity index (χ3n) is 4.13. The van der Waals surface area contributed by atoms with Gasteiger partial charge in [0.2, 0.25) is 0 Å². The molecule has 3 aliphatic heterocycles. The molecule has 2 atom stereocenters. The van der Waals surface area contributed by atoms with Crippen LogP contribution >= 0.6 is 11.6 Å². The van der Waals surface area contributed by atoms with Crippen LogP contribution < -0.4 is 15.5 Å². The van der Waals surface area contributed by atoms with Gasteiger partial charge in [-0.1, -0.05) is 17.7 Å². The van der Waals surface area contributed by atoms with Crippen LogP contribution in [-0.4, -0.2) is 30.2 Å². The molecule has 0 radical (unpaired) electrons. The van der Waals surface area contributed by atoms with Crippen LogP contribution in [0.5, 0.6) is 0 Å². The lowest BCUT2D eigenvalue weighted by atomic mass is 9.91. The van der Waals surface area contributed by atoms with E-state index in [1.807, 2.05) is 36.5 Å². The Kier molecular flexibility index (Phi) is 3.20. The molecule has 0 aliphatic carbocycles. The molecule has 2 unspecified atom stereocenters. The number of pyridine rings is 1. The first-order chi connectivity index (χ1) is 10.3. The lowest BCUT2D eigenvalue weighted by molar-refractivity contribution is 0.226. The van der Waals surface area contributed by atoms with Gasteiger partial charge in [-0.3, -0.25) is 0 Å². The van der Waals surface area contributed by atoms with Crippen molar-refractivity contribution in [1.29, 1.82) is 0 Å². The van der Waals surface area contributed by atoms with E-state index in [2.05, 4.69) is 26.6 Å². The van der Waals surface area contributed by atoms with Gasteiger partial charge in [-0.25, -0.2) is 4.98 Å². The zero-order valence-corrected chi connectivity index (χ0v) is 12.3. The summed E-state index contributed by atoms with van der Waals surface area (Å²) in [6, 6.07) is 13.1. The Labute approximate surface area is 129 Å². The van der Waals surface area contributed by atoms with Crippen molar-refractivity contribution in [2.75, 3.05) is 23.3 Å². The van der Waals surface area contributed by atoms with Crippen molar-refractivity contribution in [2.45, 2.75) is 18.5 Å². The number of hydrogen-bond donors (Lipinski definition) is 2. The van der Waals surface area contributed by atoms with E-state index in [0.717, 1.165) is 29.6 Å². The fourth-order valence-corrected chi connectivity index (χ4v) is 3.28. The van der Waals surface area contributed by atoms with E-state index in [-0.39, 0.29) is 0 Å². The Balaban J connectivity index is 1.46. The highest BCUT2D eigenvalue weighted by molar-refractivity contribution is 6.30. The van der Waals surface area contributed by atoms with Crippen molar-refractivity contribution < 1.29 is 0 Å². The molecule has 4 nitrogen and oxygen atoms in total. The van der Waals surface area contributed by atoms with Gasteiger partial charge in [0, 0.05) is 35.9 Å². The average Bonchev–Trinajstić information content (AvgIpc) is 2.47. The molecule has 4 heterocycles. The SMILES string of the molecule is Clc1cccc(Nc2ccc(N3CC4CC(C3)N4)cn2)c1. The molecular formula is C16H17ClN4. The number of benzene rings is 1. The zero-order chi connectivity index (χ0) is 14.2. The average molecular weight is 301 g/mol. The molecule has 3 aliphatic rings. The third-order valence-corrected chi connectivity index (χ3v) is 4.37. The van der Waals surface area contributed by atoms with E-state index in [1.54, 1.807) is 0 Å². The number of anilines is 3. The highest BCUT2D eigenvalue weighted by Crippen LogP contribution is 2.26. The highest BCUT2D eigenvalue weighted by atomic mass is 35.5. The van der Waals surface area contributed by atoms with E-state index in [4.69, 9.17) is 11.6 Å². The van der Waals surface area contributed by atoms with Crippen molar-refractivity contribution in [3.63, 3.8) is 0 Å². The number of aromatic nitrogens is 1. The van der Waals surface area contributed by atoms with Crippen LogP contribution in [0.15, 0.2) is 42.6 Å². The highest BCUT2D eigenvalue weighted by Gasteiger charge is 2.36. The van der Waals surface area contributed by atoms with E-state index < -0.39 is 0 Å². The maximum absolute atomic E-state index is 5.98. The minimum Gasteiger partial charge on any atom is -0.367 e. The van der Waals surface area contributed by atoms with Gasteiger partial charge in [-0.05, 0) is 36.8 Å². The van der Waals surface area contributed by atoms with Crippen LogP contribution in [0.2, 0.25) is 5.02 Å². The molecule has 2 N–H and O–H groups in total. The van der Waals surface area contributed by atoms with E-state index in [0.29, 0.717) is 12.1 Å². The largest absolute Gasteiger partial charge is 0.367 e. The van der Waals surface area contributed by atoms with Gasteiger partial charge in [0.1, 0.15) is 5.82 Å². The summed E-state index contributed by atoms with van der Waals surface area (Å²) in [4.78, 5) is 6.91. The molecule has 5 heteroatoms. The number of nitrogens with one attached hydrogen (secondary N) is 2. The molecule has 21 heavy (non-hydrogen) atoms. The Morgan fingerprint density at radius 2 is 2.00 bits per heavy atom. The minimum atomic E-state index is 0.660. The molecule has 0 spiro atoms. The predicted octanol–water partition coefficient (Wildman–Crippen LogP) is 3.03. The van der Waals surface area contributed by atoms with Gasteiger partial charge < -0.3 is 15.5 Å². The lowest BCUT2D eigenvalue weighted by Gasteiger charge is -2.49. The van der Waals surface area contributed by atoms with Crippen LogP contribution in [0.4, 0.5) is 17.2 Å². The fourth-order valence-electron chi connectivity index (χ4n) is 3.09. The number of halogens is 1. The monoisotopic (exact) mass is 300 g/mol. The third kappa shape index (κ3) is 2.69. The minimum absolute atomic E-state index is 0.660. The zero-order valence-electron chi connectivity index (χ0n) is 11.6. The molecule has 0 amide bonds. The van der Waals surface area contributed by atoms with E-state index >= 15 is 0 Å². The smallest absolute Gasteiger partial charge is 0.130 e. The molecule has 3 saturated heterocycles. The van der Waals surface area contributed by atoms with E-state index in [1.165, 1.54) is 12.1 Å². The number of piperazine rings is 1. The summed E-state index contributed by atoms with van der Waals surface area (Å²) < 4.78 is 0. The van der Waals surface area contributed by atoms with Gasteiger partial charge in [-0.2, -0.15) is 0 Å². The Morgan fingerprint density at radius 1 is 1.19 bits per heavy atom. The molecular weight excluding hydrogens is 284 g/mol. The van der Waals surface area contributed by atoms with Gasteiger partial charge in [0.15, 0.2) is 0 Å². The second-order valence-corrected chi connectivity index (χ2v) is 6.17. The second kappa shape index (κ2) is 5.20. The fraction of sp³-hybridized carbons (Fsp3) is 0.312. The lowest BCUT2D eigenvalue weighted by Crippen LogP contribution is -2.67. The molecule has 2 bridgehead atoms. The Morgan fingerprint density at radius 3 is 2.67 bits per heavy atom. The summed E-state index contributed by atoms with van der Waals surface area (Å²) >= 11 is 5.98. The molecule has 0 saturated carbocycles. The molecule has 3 fully saturated rings. The summed E-state index contributed by atoms with van der Waals surface area (Å²) in [5, 5.41) is 7.53. The topological polar surface area (TPSA) is 40.2 Å². The van der Waals surface area contributed by atoms with Crippen LogP contribution in [0, 0.1) is 0 Å². The predicted molar refractivity (Wildman–Crippen MR) is 86.5 cm³/mol. The van der Waals surface area contributed by atoms with Crippen LogP contribution in [0.25, 0.3) is 0 Å². The Hall–Kier alpha value is -1.78. The quantitative estimate of drug-likeness (QED) is 0.914. The first kappa shape index (κ1) is 12.9. The van der Waals surface area contributed by atoms with Gasteiger partial charge in [0.25, 0.3) is 0 Å². The first-order valence-electron chi connectivity index (χ1n) is 7.26. The number of hydrogen-bond acceptors (Lipinski definition) is 4. The number of nitrogens with zero attached hydrogens (tertiary/aromatic N) is 2. The summed E-state index contributed by atoms with van der Waals surface area (Å²) in [6.07, 6.45) is 3.26. The molecule has 2 aromatic rings. The van der Waals surface area contributed by atoms with Crippen molar-refractivity contribution in [2.24, 2.45) is 0 Å². The van der Waals surface area contributed by atoms with Crippen molar-refractivity contribution in [3.8, 4) is 0 Å². The summed E-state index contributed by atoms with van der Waals surface area (Å²) in [5.41, 5.74) is 2.15. The van der Waals surface area contributed by atoms with E-state index in [9.17, 15) is 0 Å². The number of fused-ring (bicyclic) bond motifs is 2. The van der Waals surface area contributed by atoms with Crippen LogP contribution in [0.3, 0.4) is 0 Å². The maximum Gasteiger partial charge on any atom is 0.130 e. The van der Waals surface area contributed by atoms with Crippen LogP contribution in [-0.2, 0) is 0 Å². The van der Waals surface area contributed by atoms with Gasteiger partial charge in [0.05, 0.1) is 11.9 Å². The molecule has 1 aromatic carbocycles. The second-order valence-electron chi connectivity index (χ2n) is 5.74. The molecule has 5 rings (SSSR count). The molecule has 108 valence electrons. The summed E-state index contributed by atoms with van der Waals surface area (Å²) in [7, 11) is 0. The van der Waals surface area contributed by atoms with Crippen LogP contribution in [0.1, 0.15) is 6.42 Å².